The SMILES string of the molecule is CC(C)CNC(=O)C1CCCN(Cc2ccc(-c3ccccc3C#N)cc2)C1. The van der Waals surface area contributed by atoms with E-state index in [0.29, 0.717) is 11.5 Å². The van der Waals surface area contributed by atoms with Crippen molar-refractivity contribution in [3.05, 3.63) is 59.7 Å². The zero-order valence-corrected chi connectivity index (χ0v) is 16.8. The standard InChI is InChI=1S/C24H29N3O/c1-18(2)15-26-24(28)22-7-5-13-27(17-22)16-19-9-11-20(12-10-19)23-8-4-3-6-21(23)14-25/h3-4,6,8-12,18,22H,5,7,13,15-17H2,1-2H3,(H,26,28). The summed E-state index contributed by atoms with van der Waals surface area (Å²) in [6, 6.07) is 18.4. The third kappa shape index (κ3) is 5.21. The highest BCUT2D eigenvalue weighted by atomic mass is 16.1. The van der Waals surface area contributed by atoms with Gasteiger partial charge in [0, 0.05) is 19.6 Å². The van der Waals surface area contributed by atoms with E-state index in [9.17, 15) is 10.1 Å². The molecule has 1 unspecified atom stereocenters. The third-order valence-electron chi connectivity index (χ3n) is 5.28. The quantitative estimate of drug-likeness (QED) is 0.823. The molecule has 4 nitrogen and oxygen atoms in total. The molecule has 1 fully saturated rings. The van der Waals surface area contributed by atoms with Crippen molar-refractivity contribution in [2.24, 2.45) is 11.8 Å². The number of benzene rings is 2. The van der Waals surface area contributed by atoms with Crippen molar-refractivity contribution in [2.75, 3.05) is 19.6 Å². The highest BCUT2D eigenvalue weighted by Crippen LogP contribution is 2.25. The number of hydrogen-bond acceptors (Lipinski definition) is 3. The van der Waals surface area contributed by atoms with Crippen LogP contribution in [0.4, 0.5) is 0 Å². The summed E-state index contributed by atoms with van der Waals surface area (Å²) in [7, 11) is 0. The molecular weight excluding hydrogens is 346 g/mol. The van der Waals surface area contributed by atoms with Gasteiger partial charge in [0.25, 0.3) is 0 Å². The van der Waals surface area contributed by atoms with E-state index >= 15 is 0 Å². The van der Waals surface area contributed by atoms with Crippen molar-refractivity contribution in [3.8, 4) is 17.2 Å². The fraction of sp³-hybridized carbons (Fsp3) is 0.417. The van der Waals surface area contributed by atoms with Gasteiger partial charge < -0.3 is 5.32 Å². The van der Waals surface area contributed by atoms with Crippen LogP contribution in [-0.2, 0) is 11.3 Å². The molecule has 28 heavy (non-hydrogen) atoms. The lowest BCUT2D eigenvalue weighted by Gasteiger charge is -2.32. The normalized spacial score (nSPS) is 17.3. The summed E-state index contributed by atoms with van der Waals surface area (Å²) in [6.45, 7) is 7.70. The Bertz CT molecular complexity index is 836. The zero-order chi connectivity index (χ0) is 19.9. The predicted octanol–water partition coefficient (Wildman–Crippen LogP) is 4.21. The molecule has 0 aliphatic carbocycles. The average molecular weight is 376 g/mol. The summed E-state index contributed by atoms with van der Waals surface area (Å²) < 4.78 is 0. The Morgan fingerprint density at radius 2 is 1.96 bits per heavy atom. The summed E-state index contributed by atoms with van der Waals surface area (Å²) in [5.41, 5.74) is 3.96. The Labute approximate surface area is 168 Å². The molecule has 4 heteroatoms. The number of carbonyl (C=O) groups is 1. The van der Waals surface area contributed by atoms with Crippen LogP contribution in [0.2, 0.25) is 0 Å². The van der Waals surface area contributed by atoms with Gasteiger partial charge in [0.05, 0.1) is 17.6 Å². The first-order valence-corrected chi connectivity index (χ1v) is 10.2. The van der Waals surface area contributed by atoms with E-state index in [-0.39, 0.29) is 11.8 Å². The number of rotatable bonds is 6. The maximum Gasteiger partial charge on any atom is 0.224 e. The molecule has 0 saturated carbocycles. The molecule has 1 amide bonds. The predicted molar refractivity (Wildman–Crippen MR) is 112 cm³/mol. The lowest BCUT2D eigenvalue weighted by atomic mass is 9.96. The van der Waals surface area contributed by atoms with E-state index in [1.807, 2.05) is 24.3 Å². The van der Waals surface area contributed by atoms with Gasteiger partial charge in [-0.2, -0.15) is 5.26 Å². The topological polar surface area (TPSA) is 56.1 Å². The lowest BCUT2D eigenvalue weighted by Crippen LogP contribution is -2.43. The van der Waals surface area contributed by atoms with Gasteiger partial charge in [-0.25, -0.2) is 0 Å². The average Bonchev–Trinajstić information content (AvgIpc) is 2.72. The Morgan fingerprint density at radius 3 is 2.68 bits per heavy atom. The molecule has 146 valence electrons. The van der Waals surface area contributed by atoms with Crippen LogP contribution >= 0.6 is 0 Å². The molecule has 2 aromatic carbocycles. The Hall–Kier alpha value is -2.64. The van der Waals surface area contributed by atoms with E-state index in [4.69, 9.17) is 0 Å². The van der Waals surface area contributed by atoms with Crippen molar-refractivity contribution in [1.29, 1.82) is 5.26 Å². The van der Waals surface area contributed by atoms with E-state index < -0.39 is 0 Å². The van der Waals surface area contributed by atoms with Gasteiger partial charge in [0.2, 0.25) is 5.91 Å². The minimum absolute atomic E-state index is 0.0919. The maximum absolute atomic E-state index is 12.4. The van der Waals surface area contributed by atoms with E-state index in [0.717, 1.165) is 50.1 Å². The monoisotopic (exact) mass is 375 g/mol. The highest BCUT2D eigenvalue weighted by molar-refractivity contribution is 5.79. The summed E-state index contributed by atoms with van der Waals surface area (Å²) in [6.07, 6.45) is 2.04. The van der Waals surface area contributed by atoms with E-state index in [1.54, 1.807) is 0 Å². The molecule has 1 saturated heterocycles. The van der Waals surface area contributed by atoms with Crippen LogP contribution < -0.4 is 5.32 Å². The molecule has 1 aliphatic rings. The first-order valence-electron chi connectivity index (χ1n) is 10.2. The minimum Gasteiger partial charge on any atom is -0.356 e. The lowest BCUT2D eigenvalue weighted by molar-refractivity contribution is -0.126. The van der Waals surface area contributed by atoms with E-state index in [2.05, 4.69) is 54.4 Å². The highest BCUT2D eigenvalue weighted by Gasteiger charge is 2.25. The number of likely N-dealkylation sites (tertiary alicyclic amines) is 1. The van der Waals surface area contributed by atoms with Crippen molar-refractivity contribution in [2.45, 2.75) is 33.2 Å². The Balaban J connectivity index is 1.61. The molecule has 1 N–H and O–H groups in total. The second-order valence-corrected chi connectivity index (χ2v) is 8.07. The van der Waals surface area contributed by atoms with Crippen LogP contribution in [0, 0.1) is 23.2 Å². The van der Waals surface area contributed by atoms with Gasteiger partial charge in [-0.15, -0.1) is 0 Å². The van der Waals surface area contributed by atoms with Gasteiger partial charge in [0.1, 0.15) is 0 Å². The van der Waals surface area contributed by atoms with Gasteiger partial charge in [-0.1, -0.05) is 56.3 Å². The van der Waals surface area contributed by atoms with Crippen LogP contribution in [0.1, 0.15) is 37.8 Å². The fourth-order valence-corrected chi connectivity index (χ4v) is 3.74. The number of carbonyl (C=O) groups excluding carboxylic acids is 1. The maximum atomic E-state index is 12.4. The van der Waals surface area contributed by atoms with Crippen molar-refractivity contribution in [1.82, 2.24) is 10.2 Å². The molecule has 1 atom stereocenters. The van der Waals surface area contributed by atoms with Crippen LogP contribution in [0.25, 0.3) is 11.1 Å². The molecule has 0 radical (unpaired) electrons. The summed E-state index contributed by atoms with van der Waals surface area (Å²) >= 11 is 0. The number of nitrogens with zero attached hydrogens (tertiary/aromatic N) is 2. The van der Waals surface area contributed by atoms with Crippen molar-refractivity contribution < 1.29 is 4.79 Å². The van der Waals surface area contributed by atoms with Crippen molar-refractivity contribution >= 4 is 5.91 Å². The molecule has 0 bridgehead atoms. The molecular formula is C24H29N3O. The number of piperidine rings is 1. The molecule has 0 spiro atoms. The Morgan fingerprint density at radius 1 is 1.21 bits per heavy atom. The largest absolute Gasteiger partial charge is 0.356 e. The van der Waals surface area contributed by atoms with Gasteiger partial charge in [-0.05, 0) is 48.1 Å². The van der Waals surface area contributed by atoms with Crippen LogP contribution in [-0.4, -0.2) is 30.4 Å². The van der Waals surface area contributed by atoms with Gasteiger partial charge in [-0.3, -0.25) is 9.69 Å². The first-order chi connectivity index (χ1) is 13.6. The molecule has 0 aromatic heterocycles. The summed E-state index contributed by atoms with van der Waals surface area (Å²) in [5.74, 6) is 0.768. The number of nitriles is 1. The van der Waals surface area contributed by atoms with E-state index in [1.165, 1.54) is 5.56 Å². The van der Waals surface area contributed by atoms with Gasteiger partial charge in [0.15, 0.2) is 0 Å². The second-order valence-electron chi connectivity index (χ2n) is 8.07. The number of hydrogen-bond donors (Lipinski definition) is 1. The number of amides is 1. The van der Waals surface area contributed by atoms with Crippen LogP contribution in [0.5, 0.6) is 0 Å². The first kappa shape index (κ1) is 20.1. The second kappa shape index (κ2) is 9.52. The molecule has 1 aliphatic heterocycles. The van der Waals surface area contributed by atoms with Crippen molar-refractivity contribution in [3.63, 3.8) is 0 Å². The molecule has 2 aromatic rings. The molecule has 3 rings (SSSR count). The third-order valence-corrected chi connectivity index (χ3v) is 5.28. The Kier molecular flexibility index (Phi) is 6.84. The molecule has 1 heterocycles. The number of nitrogens with one attached hydrogen (secondary N) is 1. The smallest absolute Gasteiger partial charge is 0.224 e. The van der Waals surface area contributed by atoms with Crippen LogP contribution in [0.3, 0.4) is 0 Å². The fourth-order valence-electron chi connectivity index (χ4n) is 3.74. The summed E-state index contributed by atoms with van der Waals surface area (Å²) in [4.78, 5) is 14.8. The van der Waals surface area contributed by atoms with Crippen LogP contribution in [0.15, 0.2) is 48.5 Å². The van der Waals surface area contributed by atoms with Gasteiger partial charge >= 0.3 is 0 Å². The zero-order valence-electron chi connectivity index (χ0n) is 16.8. The minimum atomic E-state index is 0.0919. The summed E-state index contributed by atoms with van der Waals surface area (Å²) in [5, 5.41) is 12.4.